The number of fused-ring (bicyclic) bond motifs is 2. The van der Waals surface area contributed by atoms with Crippen molar-refractivity contribution in [3.8, 4) is 5.75 Å². The van der Waals surface area contributed by atoms with Gasteiger partial charge in [0.1, 0.15) is 5.75 Å². The van der Waals surface area contributed by atoms with E-state index in [4.69, 9.17) is 4.74 Å². The first-order valence-electron chi connectivity index (χ1n) is 8.13. The van der Waals surface area contributed by atoms with E-state index in [9.17, 15) is 4.79 Å². The largest absolute Gasteiger partial charge is 0.477 e. The Labute approximate surface area is 125 Å². The van der Waals surface area contributed by atoms with Crippen LogP contribution >= 0.6 is 0 Å². The number of hydrogen-bond donors (Lipinski definition) is 1. The number of carbonyl (C=O) groups excluding carboxylic acids is 1. The molecule has 3 aliphatic rings. The fourth-order valence-corrected chi connectivity index (χ4v) is 4.12. The van der Waals surface area contributed by atoms with Gasteiger partial charge in [-0.2, -0.15) is 0 Å². The second-order valence-electron chi connectivity index (χ2n) is 6.42. The first-order valence-corrected chi connectivity index (χ1v) is 8.13. The zero-order chi connectivity index (χ0) is 14.2. The molecule has 1 aliphatic carbocycles. The van der Waals surface area contributed by atoms with Crippen molar-refractivity contribution in [3.63, 3.8) is 0 Å². The van der Waals surface area contributed by atoms with Crippen LogP contribution in [0.25, 0.3) is 0 Å². The molecule has 3 atom stereocenters. The number of ether oxygens (including phenoxy) is 1. The Balaban J connectivity index is 1.49. The van der Waals surface area contributed by atoms with E-state index in [1.54, 1.807) is 0 Å². The summed E-state index contributed by atoms with van der Waals surface area (Å²) in [5.74, 6) is 1.69. The van der Waals surface area contributed by atoms with Crippen LogP contribution < -0.4 is 10.1 Å². The van der Waals surface area contributed by atoms with Crippen molar-refractivity contribution in [3.05, 3.63) is 24.3 Å². The van der Waals surface area contributed by atoms with E-state index < -0.39 is 0 Å². The highest BCUT2D eigenvalue weighted by atomic mass is 16.5. The Morgan fingerprint density at radius 1 is 1.19 bits per heavy atom. The lowest BCUT2D eigenvalue weighted by atomic mass is 9.85. The topological polar surface area (TPSA) is 41.6 Å². The average molecular weight is 286 g/mol. The molecule has 1 saturated carbocycles. The highest BCUT2D eigenvalue weighted by molar-refractivity contribution is 5.83. The van der Waals surface area contributed by atoms with Crippen LogP contribution in [0.4, 0.5) is 5.69 Å². The third kappa shape index (κ3) is 2.27. The summed E-state index contributed by atoms with van der Waals surface area (Å²) in [5, 5.41) is 3.32. The smallest absolute Gasteiger partial charge is 0.265 e. The molecule has 2 heterocycles. The van der Waals surface area contributed by atoms with E-state index in [1.807, 2.05) is 24.3 Å². The summed E-state index contributed by atoms with van der Waals surface area (Å²) in [6, 6.07) is 8.30. The van der Waals surface area contributed by atoms with Crippen molar-refractivity contribution in [2.75, 3.05) is 18.4 Å². The standard InChI is InChI=1S/C17H22N2O2/c20-17(19-10-9-12-5-1-3-7-14(12)19)16-11-18-13-6-2-4-8-15(13)21-16/h2,4,6,8,12,14,16,18H,1,3,5,7,9-11H2. The Hall–Kier alpha value is -1.71. The van der Waals surface area contributed by atoms with E-state index in [0.717, 1.165) is 23.9 Å². The van der Waals surface area contributed by atoms with Crippen LogP contribution in [-0.4, -0.2) is 36.0 Å². The maximum absolute atomic E-state index is 12.8. The Morgan fingerprint density at radius 2 is 2.05 bits per heavy atom. The van der Waals surface area contributed by atoms with Crippen LogP contribution in [0, 0.1) is 5.92 Å². The van der Waals surface area contributed by atoms with Gasteiger partial charge in [-0.3, -0.25) is 4.79 Å². The first-order chi connectivity index (χ1) is 10.3. The summed E-state index contributed by atoms with van der Waals surface area (Å²) < 4.78 is 5.93. The van der Waals surface area contributed by atoms with Crippen molar-refractivity contribution >= 4 is 11.6 Å². The normalized spacial score (nSPS) is 30.9. The minimum Gasteiger partial charge on any atom is -0.477 e. The highest BCUT2D eigenvalue weighted by Gasteiger charge is 2.41. The van der Waals surface area contributed by atoms with Gasteiger partial charge in [-0.1, -0.05) is 25.0 Å². The number of benzene rings is 1. The minimum atomic E-state index is -0.374. The maximum atomic E-state index is 12.8. The van der Waals surface area contributed by atoms with E-state index >= 15 is 0 Å². The second kappa shape index (κ2) is 5.24. The lowest BCUT2D eigenvalue weighted by Crippen LogP contribution is -2.49. The summed E-state index contributed by atoms with van der Waals surface area (Å²) in [5.41, 5.74) is 0.985. The monoisotopic (exact) mass is 286 g/mol. The number of nitrogens with one attached hydrogen (secondary N) is 1. The van der Waals surface area contributed by atoms with Crippen molar-refractivity contribution in [2.24, 2.45) is 5.92 Å². The predicted octanol–water partition coefficient (Wildman–Crippen LogP) is 2.65. The number of para-hydroxylation sites is 2. The van der Waals surface area contributed by atoms with Gasteiger partial charge in [0.15, 0.2) is 6.10 Å². The van der Waals surface area contributed by atoms with Crippen molar-refractivity contribution in [1.82, 2.24) is 4.90 Å². The second-order valence-corrected chi connectivity index (χ2v) is 6.42. The highest BCUT2D eigenvalue weighted by Crippen LogP contribution is 2.37. The molecule has 1 aromatic rings. The molecule has 1 N–H and O–H groups in total. The van der Waals surface area contributed by atoms with E-state index in [-0.39, 0.29) is 12.0 Å². The third-order valence-corrected chi connectivity index (χ3v) is 5.20. The minimum absolute atomic E-state index is 0.173. The Morgan fingerprint density at radius 3 is 3.00 bits per heavy atom. The van der Waals surface area contributed by atoms with Gasteiger partial charge in [-0.15, -0.1) is 0 Å². The van der Waals surface area contributed by atoms with Gasteiger partial charge in [-0.05, 0) is 37.3 Å². The molecular weight excluding hydrogens is 264 g/mol. The van der Waals surface area contributed by atoms with E-state index in [1.165, 1.54) is 32.1 Å². The fraction of sp³-hybridized carbons (Fsp3) is 0.588. The van der Waals surface area contributed by atoms with Gasteiger partial charge in [-0.25, -0.2) is 0 Å². The van der Waals surface area contributed by atoms with Gasteiger partial charge in [0, 0.05) is 12.6 Å². The molecule has 2 aliphatic heterocycles. The van der Waals surface area contributed by atoms with Crippen LogP contribution in [0.2, 0.25) is 0 Å². The number of amides is 1. The summed E-state index contributed by atoms with van der Waals surface area (Å²) in [7, 11) is 0. The SMILES string of the molecule is O=C(C1CNc2ccccc2O1)N1CCC2CCCCC21. The molecule has 0 bridgehead atoms. The molecule has 1 amide bonds. The van der Waals surface area contributed by atoms with Gasteiger partial charge >= 0.3 is 0 Å². The number of carbonyl (C=O) groups is 1. The van der Waals surface area contributed by atoms with Crippen LogP contribution in [-0.2, 0) is 4.79 Å². The van der Waals surface area contributed by atoms with Gasteiger partial charge < -0.3 is 15.0 Å². The molecule has 1 saturated heterocycles. The molecule has 4 heteroatoms. The zero-order valence-corrected chi connectivity index (χ0v) is 12.3. The zero-order valence-electron chi connectivity index (χ0n) is 12.3. The van der Waals surface area contributed by atoms with Crippen molar-refractivity contribution in [1.29, 1.82) is 0 Å². The van der Waals surface area contributed by atoms with Crippen LogP contribution in [0.3, 0.4) is 0 Å². The molecule has 4 rings (SSSR count). The lowest BCUT2D eigenvalue weighted by Gasteiger charge is -2.35. The fourth-order valence-electron chi connectivity index (χ4n) is 4.12. The summed E-state index contributed by atoms with van der Waals surface area (Å²) in [6.07, 6.45) is 5.86. The summed E-state index contributed by atoms with van der Waals surface area (Å²) in [4.78, 5) is 14.9. The third-order valence-electron chi connectivity index (χ3n) is 5.20. The molecular formula is C17H22N2O2. The molecule has 3 unspecified atom stereocenters. The van der Waals surface area contributed by atoms with Crippen LogP contribution in [0.1, 0.15) is 32.1 Å². The number of anilines is 1. The van der Waals surface area contributed by atoms with E-state index in [2.05, 4.69) is 10.2 Å². The van der Waals surface area contributed by atoms with Crippen molar-refractivity contribution < 1.29 is 9.53 Å². The van der Waals surface area contributed by atoms with Gasteiger partial charge in [0.2, 0.25) is 0 Å². The Kier molecular flexibility index (Phi) is 3.24. The number of nitrogens with zero attached hydrogens (tertiary/aromatic N) is 1. The number of hydrogen-bond acceptors (Lipinski definition) is 3. The number of rotatable bonds is 1. The molecule has 0 spiro atoms. The predicted molar refractivity (Wildman–Crippen MR) is 81.4 cm³/mol. The number of likely N-dealkylation sites (tertiary alicyclic amines) is 1. The molecule has 2 fully saturated rings. The molecule has 112 valence electrons. The summed E-state index contributed by atoms with van der Waals surface area (Å²) >= 11 is 0. The quantitative estimate of drug-likeness (QED) is 0.863. The molecule has 0 radical (unpaired) electrons. The average Bonchev–Trinajstić information content (AvgIpc) is 2.98. The van der Waals surface area contributed by atoms with Gasteiger partial charge in [0.05, 0.1) is 12.2 Å². The summed E-state index contributed by atoms with van der Waals surface area (Å²) in [6.45, 7) is 1.49. The molecule has 1 aromatic carbocycles. The van der Waals surface area contributed by atoms with Gasteiger partial charge in [0.25, 0.3) is 5.91 Å². The van der Waals surface area contributed by atoms with Crippen molar-refractivity contribution in [2.45, 2.75) is 44.2 Å². The van der Waals surface area contributed by atoms with Crippen LogP contribution in [0.15, 0.2) is 24.3 Å². The first kappa shape index (κ1) is 13.0. The molecule has 4 nitrogen and oxygen atoms in total. The maximum Gasteiger partial charge on any atom is 0.265 e. The van der Waals surface area contributed by atoms with E-state index in [0.29, 0.717) is 12.6 Å². The lowest BCUT2D eigenvalue weighted by molar-refractivity contribution is -0.140. The van der Waals surface area contributed by atoms with Crippen LogP contribution in [0.5, 0.6) is 5.75 Å². The Bertz CT molecular complexity index is 545. The molecule has 21 heavy (non-hydrogen) atoms. The molecule has 0 aromatic heterocycles.